The second kappa shape index (κ2) is 4.69. The van der Waals surface area contributed by atoms with Gasteiger partial charge in [-0.05, 0) is 30.1 Å². The van der Waals surface area contributed by atoms with Crippen molar-refractivity contribution in [3.05, 3.63) is 23.8 Å². The van der Waals surface area contributed by atoms with Crippen molar-refractivity contribution >= 4 is 19.2 Å². The van der Waals surface area contributed by atoms with Gasteiger partial charge in [0.15, 0.2) is 11.6 Å². The second-order valence-electron chi connectivity index (χ2n) is 4.68. The predicted octanol–water partition coefficient (Wildman–Crippen LogP) is 1.21. The van der Waals surface area contributed by atoms with Crippen LogP contribution < -0.4 is 0 Å². The van der Waals surface area contributed by atoms with E-state index in [-0.39, 0.29) is 24.1 Å². The molecule has 1 rings (SSSR count). The van der Waals surface area contributed by atoms with Crippen LogP contribution in [0.3, 0.4) is 0 Å². The van der Waals surface area contributed by atoms with Crippen molar-refractivity contribution in [2.75, 3.05) is 6.16 Å². The molecule has 0 saturated heterocycles. The monoisotopic (exact) mass is 258 g/mol. The third kappa shape index (κ3) is 4.04. The fraction of sp³-hybridized carbons (Fsp3) is 0.455. The highest BCUT2D eigenvalue weighted by Crippen LogP contribution is 2.41. The first-order valence-corrected chi connectivity index (χ1v) is 6.95. The molecule has 0 atom stereocenters. The first kappa shape index (κ1) is 14.0. The summed E-state index contributed by atoms with van der Waals surface area (Å²) in [4.78, 5) is 40.5. The molecule has 0 aliphatic heterocycles. The van der Waals surface area contributed by atoms with Crippen molar-refractivity contribution in [1.82, 2.24) is 0 Å². The van der Waals surface area contributed by atoms with E-state index in [9.17, 15) is 14.2 Å². The van der Waals surface area contributed by atoms with Crippen LogP contribution >= 0.6 is 7.60 Å². The summed E-state index contributed by atoms with van der Waals surface area (Å²) in [5.74, 6) is -0.552. The summed E-state index contributed by atoms with van der Waals surface area (Å²) in [6.45, 7) is 3.39. The molecule has 0 radical (unpaired) electrons. The van der Waals surface area contributed by atoms with Gasteiger partial charge in [0, 0.05) is 5.57 Å². The van der Waals surface area contributed by atoms with Gasteiger partial charge in [0.2, 0.25) is 0 Å². The van der Waals surface area contributed by atoms with Crippen molar-refractivity contribution in [2.24, 2.45) is 5.41 Å². The molecule has 0 amide bonds. The van der Waals surface area contributed by atoms with E-state index < -0.39 is 13.0 Å². The maximum atomic E-state index is 11.6. The molecule has 0 aromatic rings. The van der Waals surface area contributed by atoms with E-state index in [1.54, 1.807) is 13.8 Å². The summed E-state index contributed by atoms with van der Waals surface area (Å²) in [6.07, 6.45) is 3.46. The quantitative estimate of drug-likeness (QED) is 0.584. The number of carbonyl (C=O) groups excluding carboxylic acids is 2. The van der Waals surface area contributed by atoms with Gasteiger partial charge in [-0.15, -0.1) is 0 Å². The lowest BCUT2D eigenvalue weighted by Gasteiger charge is -2.27. The zero-order valence-electron chi connectivity index (χ0n) is 9.71. The Kier molecular flexibility index (Phi) is 3.87. The summed E-state index contributed by atoms with van der Waals surface area (Å²) in [7, 11) is -4.09. The zero-order chi connectivity index (χ0) is 13.3. The first-order chi connectivity index (χ1) is 7.62. The highest BCUT2D eigenvalue weighted by atomic mass is 31.2. The number of allylic oxidation sites excluding steroid dienone is 4. The minimum atomic E-state index is -4.09. The van der Waals surface area contributed by atoms with Crippen molar-refractivity contribution in [2.45, 2.75) is 20.3 Å². The fourth-order valence-electron chi connectivity index (χ4n) is 1.60. The first-order valence-electron chi connectivity index (χ1n) is 5.15. The van der Waals surface area contributed by atoms with Gasteiger partial charge < -0.3 is 9.79 Å². The van der Waals surface area contributed by atoms with E-state index in [0.29, 0.717) is 5.57 Å². The Balaban J connectivity index is 2.87. The van der Waals surface area contributed by atoms with Gasteiger partial charge in [-0.25, -0.2) is 0 Å². The number of hydrogen-bond donors (Lipinski definition) is 2. The van der Waals surface area contributed by atoms with E-state index in [2.05, 4.69) is 0 Å². The maximum absolute atomic E-state index is 11.6. The van der Waals surface area contributed by atoms with Crippen LogP contribution in [0.4, 0.5) is 0 Å². The van der Waals surface area contributed by atoms with Crippen LogP contribution in [0.15, 0.2) is 23.8 Å². The Morgan fingerprint density at radius 2 is 1.82 bits per heavy atom. The molecule has 0 bridgehead atoms. The summed E-state index contributed by atoms with van der Waals surface area (Å²) < 4.78 is 10.8. The lowest BCUT2D eigenvalue weighted by atomic mass is 9.77. The fourth-order valence-corrected chi connectivity index (χ4v) is 2.45. The van der Waals surface area contributed by atoms with Gasteiger partial charge in [-0.2, -0.15) is 0 Å². The molecule has 0 aromatic heterocycles. The van der Waals surface area contributed by atoms with Crippen molar-refractivity contribution in [3.63, 3.8) is 0 Å². The van der Waals surface area contributed by atoms with Gasteiger partial charge >= 0.3 is 7.60 Å². The molecular weight excluding hydrogens is 243 g/mol. The minimum Gasteiger partial charge on any atom is -0.324 e. The highest BCUT2D eigenvalue weighted by molar-refractivity contribution is 7.51. The summed E-state index contributed by atoms with van der Waals surface area (Å²) >= 11 is 0. The Hall–Kier alpha value is -1.03. The van der Waals surface area contributed by atoms with E-state index in [1.807, 2.05) is 0 Å². The second-order valence-corrected chi connectivity index (χ2v) is 6.46. The Morgan fingerprint density at radius 1 is 1.24 bits per heavy atom. The summed E-state index contributed by atoms with van der Waals surface area (Å²) in [5.41, 5.74) is -0.419. The number of carbonyl (C=O) groups is 2. The van der Waals surface area contributed by atoms with E-state index in [0.717, 1.165) is 0 Å². The van der Waals surface area contributed by atoms with E-state index in [1.165, 1.54) is 18.2 Å². The zero-order valence-corrected chi connectivity index (χ0v) is 10.6. The van der Waals surface area contributed by atoms with Crippen LogP contribution in [-0.4, -0.2) is 27.5 Å². The van der Waals surface area contributed by atoms with Crippen molar-refractivity contribution in [3.8, 4) is 0 Å². The number of rotatable bonds is 4. The third-order valence-electron chi connectivity index (χ3n) is 2.71. The minimum absolute atomic E-state index is 0.149. The molecule has 0 unspecified atom stereocenters. The van der Waals surface area contributed by atoms with Crippen LogP contribution in [0.5, 0.6) is 0 Å². The molecule has 0 fully saturated rings. The maximum Gasteiger partial charge on any atom is 0.325 e. The lowest BCUT2D eigenvalue weighted by molar-refractivity contribution is -0.115. The third-order valence-corrected chi connectivity index (χ3v) is 3.51. The van der Waals surface area contributed by atoms with Crippen LogP contribution in [0, 0.1) is 5.41 Å². The smallest absolute Gasteiger partial charge is 0.324 e. The molecule has 2 N–H and O–H groups in total. The van der Waals surface area contributed by atoms with Crippen molar-refractivity contribution < 1.29 is 23.9 Å². The van der Waals surface area contributed by atoms with Crippen molar-refractivity contribution in [1.29, 1.82) is 0 Å². The Morgan fingerprint density at radius 3 is 2.35 bits per heavy atom. The molecule has 94 valence electrons. The SMILES string of the molecule is CC(C)(CCP(=O)(O)O)C1=CC(=O)C=CC1=O. The molecule has 17 heavy (non-hydrogen) atoms. The predicted molar refractivity (Wildman–Crippen MR) is 62.5 cm³/mol. The molecule has 0 spiro atoms. The van der Waals surface area contributed by atoms with Crippen LogP contribution in [0.1, 0.15) is 20.3 Å². The normalized spacial score (nSPS) is 17.3. The molecule has 6 heteroatoms. The molecule has 5 nitrogen and oxygen atoms in total. The molecule has 0 heterocycles. The standard InChI is InChI=1S/C11H15O5P/c1-11(2,5-6-17(14,15)16)9-7-8(12)3-4-10(9)13/h3-4,7H,5-6H2,1-2H3,(H2,14,15,16). The summed E-state index contributed by atoms with van der Waals surface area (Å²) in [5, 5.41) is 0. The average Bonchev–Trinajstić information content (AvgIpc) is 2.18. The van der Waals surface area contributed by atoms with E-state index in [4.69, 9.17) is 9.79 Å². The van der Waals surface area contributed by atoms with Gasteiger partial charge in [-0.1, -0.05) is 13.8 Å². The molecule has 1 aliphatic rings. The summed E-state index contributed by atoms with van der Waals surface area (Å²) in [6, 6.07) is 0. The number of hydrogen-bond acceptors (Lipinski definition) is 3. The van der Waals surface area contributed by atoms with Crippen LogP contribution in [0.25, 0.3) is 0 Å². The lowest BCUT2D eigenvalue weighted by Crippen LogP contribution is -2.24. The van der Waals surface area contributed by atoms with Gasteiger partial charge in [0.25, 0.3) is 0 Å². The molecular formula is C11H15O5P. The Labute approximate surface area is 99.4 Å². The highest BCUT2D eigenvalue weighted by Gasteiger charge is 2.31. The van der Waals surface area contributed by atoms with Crippen LogP contribution in [0.2, 0.25) is 0 Å². The van der Waals surface area contributed by atoms with Gasteiger partial charge in [0.05, 0.1) is 6.16 Å². The number of ketones is 2. The molecule has 0 saturated carbocycles. The van der Waals surface area contributed by atoms with E-state index >= 15 is 0 Å². The van der Waals surface area contributed by atoms with Gasteiger partial charge in [0.1, 0.15) is 0 Å². The molecule has 1 aliphatic carbocycles. The van der Waals surface area contributed by atoms with Crippen LogP contribution in [-0.2, 0) is 14.2 Å². The average molecular weight is 258 g/mol. The topological polar surface area (TPSA) is 91.7 Å². The largest absolute Gasteiger partial charge is 0.325 e. The Bertz CT molecular complexity index is 452. The molecule has 0 aromatic carbocycles. The van der Waals surface area contributed by atoms with Gasteiger partial charge in [-0.3, -0.25) is 14.2 Å².